The third-order valence-corrected chi connectivity index (χ3v) is 5.73. The van der Waals surface area contributed by atoms with Crippen molar-refractivity contribution in [2.24, 2.45) is 5.92 Å². The molecule has 0 spiro atoms. The molecule has 1 saturated heterocycles. The molecule has 2 unspecified atom stereocenters. The minimum atomic E-state index is -0.302. The number of amides is 2. The van der Waals surface area contributed by atoms with Crippen molar-refractivity contribution < 1.29 is 14.3 Å². The third kappa shape index (κ3) is 3.99. The molecule has 1 heterocycles. The van der Waals surface area contributed by atoms with Crippen LogP contribution in [0.3, 0.4) is 0 Å². The summed E-state index contributed by atoms with van der Waals surface area (Å²) in [6.07, 6.45) is 0. The normalized spacial score (nSPS) is 18.8. The number of rotatable bonds is 5. The van der Waals surface area contributed by atoms with Crippen LogP contribution in [-0.2, 0) is 4.79 Å². The Morgan fingerprint density at radius 3 is 2.61 bits per heavy atom. The fraction of sp³-hybridized carbons (Fsp3) is 0.364. The van der Waals surface area contributed by atoms with Gasteiger partial charge in [0.15, 0.2) is 0 Å². The quantitative estimate of drug-likeness (QED) is 0.769. The van der Waals surface area contributed by atoms with Gasteiger partial charge in [-0.25, -0.2) is 0 Å². The molecule has 0 bridgehead atoms. The van der Waals surface area contributed by atoms with Crippen LogP contribution in [0.1, 0.15) is 28.8 Å². The number of carbonyl (C=O) groups excluding carboxylic acids is 2. The van der Waals surface area contributed by atoms with Crippen LogP contribution in [0.4, 0.5) is 0 Å². The fourth-order valence-electron chi connectivity index (χ4n) is 3.67. The average Bonchev–Trinajstić information content (AvgIpc) is 3.18. The van der Waals surface area contributed by atoms with Gasteiger partial charge in [0.1, 0.15) is 5.75 Å². The zero-order valence-corrected chi connectivity index (χ0v) is 17.1. The Morgan fingerprint density at radius 1 is 1.18 bits per heavy atom. The van der Waals surface area contributed by atoms with Crippen molar-refractivity contribution in [2.45, 2.75) is 12.8 Å². The van der Waals surface area contributed by atoms with Crippen molar-refractivity contribution in [1.29, 1.82) is 0 Å². The predicted molar refractivity (Wildman–Crippen MR) is 110 cm³/mol. The van der Waals surface area contributed by atoms with E-state index >= 15 is 0 Å². The first-order chi connectivity index (χ1) is 13.5. The molecule has 3 rings (SSSR count). The number of likely N-dealkylation sites (tertiary alicyclic amines) is 1. The van der Waals surface area contributed by atoms with Crippen molar-refractivity contribution in [3.05, 3.63) is 64.7 Å². The highest BCUT2D eigenvalue weighted by Crippen LogP contribution is 2.36. The second-order valence-corrected chi connectivity index (χ2v) is 7.44. The SMILES string of the molecule is CCN(C)C(=O)C1CN(C(=O)c2ccccc2Cl)CC1c1cccc(OC)c1. The summed E-state index contributed by atoms with van der Waals surface area (Å²) in [5, 5.41) is 0.422. The van der Waals surface area contributed by atoms with E-state index in [1.165, 1.54) is 0 Å². The second-order valence-electron chi connectivity index (χ2n) is 7.03. The maximum Gasteiger partial charge on any atom is 0.255 e. The average molecular weight is 401 g/mol. The highest BCUT2D eigenvalue weighted by Gasteiger charge is 2.41. The zero-order valence-electron chi connectivity index (χ0n) is 16.4. The first-order valence-corrected chi connectivity index (χ1v) is 9.76. The first kappa shape index (κ1) is 20.2. The molecule has 0 aliphatic carbocycles. The van der Waals surface area contributed by atoms with Crippen LogP contribution < -0.4 is 4.74 Å². The van der Waals surface area contributed by atoms with Crippen LogP contribution in [0.15, 0.2) is 48.5 Å². The van der Waals surface area contributed by atoms with Gasteiger partial charge in [-0.05, 0) is 36.8 Å². The third-order valence-electron chi connectivity index (χ3n) is 5.40. The summed E-state index contributed by atoms with van der Waals surface area (Å²) in [7, 11) is 3.41. The molecule has 28 heavy (non-hydrogen) atoms. The number of benzene rings is 2. The van der Waals surface area contributed by atoms with E-state index in [1.54, 1.807) is 48.2 Å². The van der Waals surface area contributed by atoms with Crippen molar-refractivity contribution in [3.8, 4) is 5.75 Å². The standard InChI is InChI=1S/C22H25ClN2O3/c1-4-24(2)21(26)19-14-25(22(27)17-10-5-6-11-20(17)23)13-18(19)15-8-7-9-16(12-15)28-3/h5-12,18-19H,4,13-14H2,1-3H3. The van der Waals surface area contributed by atoms with Crippen molar-refractivity contribution in [3.63, 3.8) is 0 Å². The molecule has 2 aromatic carbocycles. The van der Waals surface area contributed by atoms with Gasteiger partial charge in [0.05, 0.1) is 23.6 Å². The molecule has 1 aliphatic rings. The molecule has 5 nitrogen and oxygen atoms in total. The lowest BCUT2D eigenvalue weighted by atomic mass is 9.88. The summed E-state index contributed by atoms with van der Waals surface area (Å²) in [6, 6.07) is 14.7. The number of carbonyl (C=O) groups is 2. The molecule has 6 heteroatoms. The molecule has 2 atom stereocenters. The van der Waals surface area contributed by atoms with Crippen LogP contribution in [0.25, 0.3) is 0 Å². The molecular formula is C22H25ClN2O3. The van der Waals surface area contributed by atoms with Crippen molar-refractivity contribution in [1.82, 2.24) is 9.80 Å². The number of ether oxygens (including phenoxy) is 1. The minimum Gasteiger partial charge on any atom is -0.497 e. The summed E-state index contributed by atoms with van der Waals surface area (Å²) < 4.78 is 5.34. The minimum absolute atomic E-state index is 0.0461. The molecule has 2 amide bonds. The molecule has 0 saturated carbocycles. The van der Waals surface area contributed by atoms with E-state index in [-0.39, 0.29) is 23.7 Å². The van der Waals surface area contributed by atoms with Gasteiger partial charge in [0, 0.05) is 32.6 Å². The second kappa shape index (κ2) is 8.65. The topological polar surface area (TPSA) is 49.9 Å². The summed E-state index contributed by atoms with van der Waals surface area (Å²) in [5.41, 5.74) is 1.46. The van der Waals surface area contributed by atoms with E-state index in [2.05, 4.69) is 0 Å². The van der Waals surface area contributed by atoms with Gasteiger partial charge in [-0.3, -0.25) is 9.59 Å². The molecule has 0 aromatic heterocycles. The Morgan fingerprint density at radius 2 is 1.93 bits per heavy atom. The maximum atomic E-state index is 13.1. The van der Waals surface area contributed by atoms with E-state index in [1.807, 2.05) is 31.2 Å². The maximum absolute atomic E-state index is 13.1. The molecule has 2 aromatic rings. The molecule has 1 aliphatic heterocycles. The molecule has 148 valence electrons. The Kier molecular flexibility index (Phi) is 6.25. The van der Waals surface area contributed by atoms with Crippen molar-refractivity contribution >= 4 is 23.4 Å². The monoisotopic (exact) mass is 400 g/mol. The molecular weight excluding hydrogens is 376 g/mol. The fourth-order valence-corrected chi connectivity index (χ4v) is 3.89. The summed E-state index contributed by atoms with van der Waals surface area (Å²) in [5.74, 6) is 0.243. The van der Waals surface area contributed by atoms with Gasteiger partial charge in [-0.1, -0.05) is 35.9 Å². The largest absolute Gasteiger partial charge is 0.497 e. The molecule has 0 N–H and O–H groups in total. The number of nitrogens with zero attached hydrogens (tertiary/aromatic N) is 2. The Balaban J connectivity index is 1.93. The highest BCUT2D eigenvalue weighted by atomic mass is 35.5. The predicted octanol–water partition coefficient (Wildman–Crippen LogP) is 3.68. The lowest BCUT2D eigenvalue weighted by Crippen LogP contribution is -2.37. The smallest absolute Gasteiger partial charge is 0.255 e. The van der Waals surface area contributed by atoms with Gasteiger partial charge in [0.25, 0.3) is 5.91 Å². The van der Waals surface area contributed by atoms with Crippen LogP contribution in [-0.4, -0.2) is 55.4 Å². The first-order valence-electron chi connectivity index (χ1n) is 9.39. The van der Waals surface area contributed by atoms with Gasteiger partial charge in [0.2, 0.25) is 5.91 Å². The van der Waals surface area contributed by atoms with Crippen LogP contribution in [0.2, 0.25) is 5.02 Å². The summed E-state index contributed by atoms with van der Waals surface area (Å²) >= 11 is 6.22. The molecule has 0 radical (unpaired) electrons. The lowest BCUT2D eigenvalue weighted by molar-refractivity contribution is -0.133. The lowest BCUT2D eigenvalue weighted by Gasteiger charge is -2.23. The number of hydrogen-bond acceptors (Lipinski definition) is 3. The Labute approximate surface area is 170 Å². The number of hydrogen-bond donors (Lipinski definition) is 0. The summed E-state index contributed by atoms with van der Waals surface area (Å²) in [6.45, 7) is 3.40. The van der Waals surface area contributed by atoms with E-state index in [0.717, 1.165) is 11.3 Å². The van der Waals surface area contributed by atoms with E-state index in [4.69, 9.17) is 16.3 Å². The highest BCUT2D eigenvalue weighted by molar-refractivity contribution is 6.33. The van der Waals surface area contributed by atoms with E-state index in [0.29, 0.717) is 30.2 Å². The Bertz CT molecular complexity index is 870. The van der Waals surface area contributed by atoms with Gasteiger partial charge < -0.3 is 14.5 Å². The van der Waals surface area contributed by atoms with Gasteiger partial charge in [-0.2, -0.15) is 0 Å². The van der Waals surface area contributed by atoms with Crippen LogP contribution in [0, 0.1) is 5.92 Å². The number of methoxy groups -OCH3 is 1. The van der Waals surface area contributed by atoms with Gasteiger partial charge >= 0.3 is 0 Å². The zero-order chi connectivity index (χ0) is 20.3. The van der Waals surface area contributed by atoms with Crippen LogP contribution >= 0.6 is 11.6 Å². The summed E-state index contributed by atoms with van der Waals surface area (Å²) in [4.78, 5) is 29.5. The number of halogens is 1. The van der Waals surface area contributed by atoms with Gasteiger partial charge in [-0.15, -0.1) is 0 Å². The van der Waals surface area contributed by atoms with Crippen LogP contribution in [0.5, 0.6) is 5.75 Å². The van der Waals surface area contributed by atoms with Crippen molar-refractivity contribution in [2.75, 3.05) is 33.8 Å². The van der Waals surface area contributed by atoms with E-state index in [9.17, 15) is 9.59 Å². The Hall–Kier alpha value is -2.53. The van der Waals surface area contributed by atoms with E-state index < -0.39 is 0 Å². The molecule has 1 fully saturated rings.